The van der Waals surface area contributed by atoms with E-state index in [9.17, 15) is 19.5 Å². The van der Waals surface area contributed by atoms with Crippen LogP contribution in [0.2, 0.25) is 0 Å². The number of carboxylic acids is 1. The quantitative estimate of drug-likeness (QED) is 0.545. The molecule has 0 bridgehead atoms. The molecule has 2 heterocycles. The maximum atomic E-state index is 13.6. The fourth-order valence-electron chi connectivity index (χ4n) is 4.90. The first-order valence-corrected chi connectivity index (χ1v) is 12.6. The molecule has 32 heavy (non-hydrogen) atoms. The van der Waals surface area contributed by atoms with Gasteiger partial charge >= 0.3 is 11.9 Å². The number of hydrogen-bond donors (Lipinski definition) is 2. The van der Waals surface area contributed by atoms with Crippen LogP contribution in [0.4, 0.5) is 0 Å². The van der Waals surface area contributed by atoms with E-state index in [1.54, 1.807) is 18.7 Å². The normalized spacial score (nSPS) is 21.8. The average molecular weight is 463 g/mol. The minimum absolute atomic E-state index is 0.240. The number of likely N-dealkylation sites (tertiary alicyclic amines) is 1. The summed E-state index contributed by atoms with van der Waals surface area (Å²) in [5.74, 6) is 0.284. The van der Waals surface area contributed by atoms with Crippen LogP contribution in [-0.4, -0.2) is 69.6 Å². The first kappa shape index (κ1) is 24.6. The van der Waals surface area contributed by atoms with Crippen molar-refractivity contribution >= 4 is 29.6 Å². The number of carboxylic acid groups (broad SMARTS) is 1. The van der Waals surface area contributed by atoms with E-state index in [2.05, 4.69) is 5.32 Å². The highest BCUT2D eigenvalue weighted by Crippen LogP contribution is 2.44. The summed E-state index contributed by atoms with van der Waals surface area (Å²) in [7, 11) is 0. The standard InChI is InChI=1S/C24H34N2O5S/c1-3-31-23(30)19(10-9-18-7-5-4-6-8-18)25-17(2)21(27)26-20(22(28)29)11-12-24(26)13-15-32-16-14-24/h4-8,17,19-20,25H,3,9-16H2,1-2H3,(H,28,29)/t17?,19-,20-/m0/s1. The molecule has 1 unspecified atom stereocenters. The zero-order valence-electron chi connectivity index (χ0n) is 18.9. The van der Waals surface area contributed by atoms with Gasteiger partial charge in [0.25, 0.3) is 0 Å². The van der Waals surface area contributed by atoms with E-state index in [0.717, 1.165) is 36.3 Å². The number of nitrogens with one attached hydrogen (secondary N) is 1. The number of amides is 1. The average Bonchev–Trinajstić information content (AvgIpc) is 3.15. The lowest BCUT2D eigenvalue weighted by Gasteiger charge is -2.44. The van der Waals surface area contributed by atoms with Crippen LogP contribution in [0.25, 0.3) is 0 Å². The molecule has 0 saturated carbocycles. The van der Waals surface area contributed by atoms with E-state index in [0.29, 0.717) is 19.3 Å². The number of benzene rings is 1. The smallest absolute Gasteiger partial charge is 0.326 e. The van der Waals surface area contributed by atoms with E-state index >= 15 is 0 Å². The summed E-state index contributed by atoms with van der Waals surface area (Å²) in [4.78, 5) is 39.7. The largest absolute Gasteiger partial charge is 0.480 e. The van der Waals surface area contributed by atoms with Gasteiger partial charge in [-0.3, -0.25) is 14.9 Å². The highest BCUT2D eigenvalue weighted by molar-refractivity contribution is 7.99. The van der Waals surface area contributed by atoms with Gasteiger partial charge in [0.2, 0.25) is 5.91 Å². The number of esters is 1. The molecule has 2 aliphatic heterocycles. The molecule has 0 aromatic heterocycles. The molecule has 8 heteroatoms. The summed E-state index contributed by atoms with van der Waals surface area (Å²) in [6.07, 6.45) is 3.99. The van der Waals surface area contributed by atoms with Crippen LogP contribution < -0.4 is 5.32 Å². The van der Waals surface area contributed by atoms with Crippen molar-refractivity contribution in [3.8, 4) is 0 Å². The Morgan fingerprint density at radius 2 is 1.91 bits per heavy atom. The predicted molar refractivity (Wildman–Crippen MR) is 125 cm³/mol. The molecule has 7 nitrogen and oxygen atoms in total. The number of nitrogens with zero attached hydrogens (tertiary/aromatic N) is 1. The summed E-state index contributed by atoms with van der Waals surface area (Å²) in [5, 5.41) is 13.0. The Morgan fingerprint density at radius 3 is 2.53 bits per heavy atom. The zero-order chi connectivity index (χ0) is 23.1. The van der Waals surface area contributed by atoms with Gasteiger partial charge < -0.3 is 14.7 Å². The summed E-state index contributed by atoms with van der Waals surface area (Å²) < 4.78 is 5.24. The van der Waals surface area contributed by atoms with Gasteiger partial charge in [-0.15, -0.1) is 0 Å². The first-order valence-electron chi connectivity index (χ1n) is 11.5. The van der Waals surface area contributed by atoms with Crippen molar-refractivity contribution in [2.45, 2.75) is 76.0 Å². The molecule has 0 radical (unpaired) electrons. The second-order valence-electron chi connectivity index (χ2n) is 8.65. The monoisotopic (exact) mass is 462 g/mol. The maximum absolute atomic E-state index is 13.6. The lowest BCUT2D eigenvalue weighted by atomic mass is 9.89. The van der Waals surface area contributed by atoms with E-state index in [4.69, 9.17) is 4.74 Å². The number of rotatable bonds is 9. The lowest BCUT2D eigenvalue weighted by molar-refractivity contribution is -0.154. The molecular weight excluding hydrogens is 428 g/mol. The molecular formula is C24H34N2O5S. The highest BCUT2D eigenvalue weighted by atomic mass is 32.2. The third-order valence-corrected chi connectivity index (χ3v) is 7.59. The Hall–Kier alpha value is -2.06. The number of thioether (sulfide) groups is 1. The molecule has 2 aliphatic rings. The second-order valence-corrected chi connectivity index (χ2v) is 9.88. The third kappa shape index (κ3) is 5.64. The summed E-state index contributed by atoms with van der Waals surface area (Å²) in [6, 6.07) is 7.72. The molecule has 2 fully saturated rings. The van der Waals surface area contributed by atoms with Crippen molar-refractivity contribution in [2.24, 2.45) is 0 Å². The summed E-state index contributed by atoms with van der Waals surface area (Å²) in [6.45, 7) is 3.74. The van der Waals surface area contributed by atoms with Crippen LogP contribution in [0.3, 0.4) is 0 Å². The molecule has 1 amide bonds. The molecule has 1 aromatic rings. The van der Waals surface area contributed by atoms with Crippen LogP contribution >= 0.6 is 11.8 Å². The number of carbonyl (C=O) groups is 3. The Bertz CT molecular complexity index is 797. The first-order chi connectivity index (χ1) is 15.4. The van der Waals surface area contributed by atoms with Crippen molar-refractivity contribution in [3.05, 3.63) is 35.9 Å². The maximum Gasteiger partial charge on any atom is 0.326 e. The van der Waals surface area contributed by atoms with E-state index in [1.807, 2.05) is 42.1 Å². The predicted octanol–water partition coefficient (Wildman–Crippen LogP) is 2.87. The van der Waals surface area contributed by atoms with Gasteiger partial charge in [0.15, 0.2) is 0 Å². The van der Waals surface area contributed by atoms with Crippen LogP contribution in [0.1, 0.15) is 51.5 Å². The summed E-state index contributed by atoms with van der Waals surface area (Å²) in [5.41, 5.74) is 0.719. The number of aryl methyl sites for hydroxylation is 1. The molecule has 0 aliphatic carbocycles. The highest BCUT2D eigenvalue weighted by Gasteiger charge is 2.52. The molecule has 3 rings (SSSR count). The second kappa shape index (κ2) is 11.2. The molecule has 2 saturated heterocycles. The third-order valence-electron chi connectivity index (χ3n) is 6.61. The number of hydrogen-bond acceptors (Lipinski definition) is 6. The van der Waals surface area contributed by atoms with Gasteiger partial charge in [-0.05, 0) is 69.4 Å². The fraction of sp³-hybridized carbons (Fsp3) is 0.625. The van der Waals surface area contributed by atoms with Gasteiger partial charge in [0, 0.05) is 5.54 Å². The molecule has 1 aromatic carbocycles. The van der Waals surface area contributed by atoms with Gasteiger partial charge in [-0.25, -0.2) is 4.79 Å². The van der Waals surface area contributed by atoms with E-state index < -0.39 is 24.1 Å². The minimum Gasteiger partial charge on any atom is -0.480 e. The van der Waals surface area contributed by atoms with Crippen LogP contribution in [0.15, 0.2) is 30.3 Å². The van der Waals surface area contributed by atoms with Gasteiger partial charge in [0.1, 0.15) is 12.1 Å². The lowest BCUT2D eigenvalue weighted by Crippen LogP contribution is -2.60. The van der Waals surface area contributed by atoms with E-state index in [-0.39, 0.29) is 24.0 Å². The van der Waals surface area contributed by atoms with Crippen LogP contribution in [0.5, 0.6) is 0 Å². The van der Waals surface area contributed by atoms with Crippen LogP contribution in [0, 0.1) is 0 Å². The van der Waals surface area contributed by atoms with Gasteiger partial charge in [0.05, 0.1) is 12.6 Å². The summed E-state index contributed by atoms with van der Waals surface area (Å²) >= 11 is 1.85. The van der Waals surface area contributed by atoms with Crippen molar-refractivity contribution in [1.82, 2.24) is 10.2 Å². The van der Waals surface area contributed by atoms with Crippen LogP contribution in [-0.2, 0) is 25.5 Å². The number of ether oxygens (including phenoxy) is 1. The Labute approximate surface area is 194 Å². The Morgan fingerprint density at radius 1 is 1.22 bits per heavy atom. The van der Waals surface area contributed by atoms with E-state index in [1.165, 1.54) is 0 Å². The van der Waals surface area contributed by atoms with Crippen molar-refractivity contribution in [1.29, 1.82) is 0 Å². The SMILES string of the molecule is CCOC(=O)[C@H](CCc1ccccc1)NC(C)C(=O)N1[C@H](C(=O)O)CCC12CCSCC2. The molecule has 1 spiro atoms. The number of carbonyl (C=O) groups excluding carboxylic acids is 2. The van der Waals surface area contributed by atoms with Crippen molar-refractivity contribution in [3.63, 3.8) is 0 Å². The minimum atomic E-state index is -0.952. The van der Waals surface area contributed by atoms with Gasteiger partial charge in [-0.2, -0.15) is 11.8 Å². The Kier molecular flexibility index (Phi) is 8.59. The topological polar surface area (TPSA) is 95.9 Å². The zero-order valence-corrected chi connectivity index (χ0v) is 19.7. The van der Waals surface area contributed by atoms with Crippen molar-refractivity contribution in [2.75, 3.05) is 18.1 Å². The van der Waals surface area contributed by atoms with Crippen molar-refractivity contribution < 1.29 is 24.2 Å². The molecule has 2 N–H and O–H groups in total. The fourth-order valence-corrected chi connectivity index (χ4v) is 6.15. The Balaban J connectivity index is 1.74. The molecule has 3 atom stereocenters. The molecule has 176 valence electrons. The number of aliphatic carboxylic acids is 1. The van der Waals surface area contributed by atoms with Gasteiger partial charge in [-0.1, -0.05) is 30.3 Å².